The maximum atomic E-state index is 5.25. The lowest BCUT2D eigenvalue weighted by Crippen LogP contribution is -1.94. The second-order valence-corrected chi connectivity index (χ2v) is 5.85. The summed E-state index contributed by atoms with van der Waals surface area (Å²) in [5.74, 6) is 0.872. The smallest absolute Gasteiger partial charge is 0.187 e. The lowest BCUT2D eigenvalue weighted by molar-refractivity contribution is 0.414. The van der Waals surface area contributed by atoms with Gasteiger partial charge < -0.3 is 10.1 Å². The summed E-state index contributed by atoms with van der Waals surface area (Å²) in [6.07, 6.45) is 4.40. The van der Waals surface area contributed by atoms with Gasteiger partial charge in [-0.3, -0.25) is 4.98 Å². The molecule has 0 aliphatic carbocycles. The van der Waals surface area contributed by atoms with E-state index in [-0.39, 0.29) is 0 Å². The van der Waals surface area contributed by atoms with Crippen molar-refractivity contribution >= 4 is 22.2 Å². The van der Waals surface area contributed by atoms with Crippen molar-refractivity contribution in [2.24, 2.45) is 0 Å². The SMILES string of the molecule is COc1cccc(Cc2csc(Nc3cnccc3C)n2)c1. The Labute approximate surface area is 133 Å². The highest BCUT2D eigenvalue weighted by molar-refractivity contribution is 7.13. The summed E-state index contributed by atoms with van der Waals surface area (Å²) in [5.41, 5.74) is 4.38. The second kappa shape index (κ2) is 6.58. The van der Waals surface area contributed by atoms with Gasteiger partial charge in [-0.25, -0.2) is 4.98 Å². The molecule has 1 aromatic carbocycles. The molecule has 2 aromatic heterocycles. The number of nitrogens with zero attached hydrogens (tertiary/aromatic N) is 2. The lowest BCUT2D eigenvalue weighted by Gasteiger charge is -2.05. The number of methoxy groups -OCH3 is 1. The van der Waals surface area contributed by atoms with E-state index in [1.807, 2.05) is 30.5 Å². The number of aromatic nitrogens is 2. The van der Waals surface area contributed by atoms with Crippen molar-refractivity contribution in [1.29, 1.82) is 0 Å². The Hall–Kier alpha value is -2.40. The Bertz CT molecular complexity index is 770. The normalized spacial score (nSPS) is 10.5. The molecule has 0 atom stereocenters. The first-order chi connectivity index (χ1) is 10.7. The van der Waals surface area contributed by atoms with Crippen molar-refractivity contribution in [2.45, 2.75) is 13.3 Å². The number of nitrogens with one attached hydrogen (secondary N) is 1. The van der Waals surface area contributed by atoms with E-state index in [2.05, 4.69) is 33.7 Å². The fourth-order valence-electron chi connectivity index (χ4n) is 2.15. The monoisotopic (exact) mass is 311 g/mol. The first kappa shape index (κ1) is 14.5. The molecular weight excluding hydrogens is 294 g/mol. The van der Waals surface area contributed by atoms with Crippen LogP contribution in [0.5, 0.6) is 5.75 Å². The van der Waals surface area contributed by atoms with E-state index in [1.165, 1.54) is 5.56 Å². The Morgan fingerprint density at radius 1 is 1.27 bits per heavy atom. The molecule has 0 radical (unpaired) electrons. The van der Waals surface area contributed by atoms with E-state index < -0.39 is 0 Å². The van der Waals surface area contributed by atoms with Crippen LogP contribution in [0.1, 0.15) is 16.8 Å². The van der Waals surface area contributed by atoms with Crippen molar-refractivity contribution in [1.82, 2.24) is 9.97 Å². The summed E-state index contributed by atoms with van der Waals surface area (Å²) >= 11 is 1.60. The number of benzene rings is 1. The van der Waals surface area contributed by atoms with Gasteiger partial charge in [0.15, 0.2) is 5.13 Å². The standard InChI is InChI=1S/C17H17N3OS/c1-12-6-7-18-10-16(12)20-17-19-14(11-22-17)8-13-4-3-5-15(9-13)21-2/h3-7,9-11H,8H2,1-2H3,(H,19,20). The van der Waals surface area contributed by atoms with Crippen LogP contribution < -0.4 is 10.1 Å². The van der Waals surface area contributed by atoms with Gasteiger partial charge in [0.2, 0.25) is 0 Å². The van der Waals surface area contributed by atoms with Crippen molar-refractivity contribution in [2.75, 3.05) is 12.4 Å². The maximum Gasteiger partial charge on any atom is 0.187 e. The third kappa shape index (κ3) is 3.43. The summed E-state index contributed by atoms with van der Waals surface area (Å²) in [6.45, 7) is 2.05. The van der Waals surface area contributed by atoms with Gasteiger partial charge in [-0.15, -0.1) is 11.3 Å². The Morgan fingerprint density at radius 2 is 2.18 bits per heavy atom. The minimum atomic E-state index is 0.793. The molecule has 0 amide bonds. The van der Waals surface area contributed by atoms with Gasteiger partial charge in [-0.1, -0.05) is 12.1 Å². The number of rotatable bonds is 5. The van der Waals surface area contributed by atoms with E-state index >= 15 is 0 Å². The molecule has 0 fully saturated rings. The molecule has 0 saturated carbocycles. The van der Waals surface area contributed by atoms with Crippen LogP contribution in [0.4, 0.5) is 10.8 Å². The highest BCUT2D eigenvalue weighted by atomic mass is 32.1. The lowest BCUT2D eigenvalue weighted by atomic mass is 10.1. The third-order valence-electron chi connectivity index (χ3n) is 3.35. The number of hydrogen-bond acceptors (Lipinski definition) is 5. The van der Waals surface area contributed by atoms with Gasteiger partial charge in [0.25, 0.3) is 0 Å². The molecule has 4 nitrogen and oxygen atoms in total. The average molecular weight is 311 g/mol. The van der Waals surface area contributed by atoms with Crippen LogP contribution in [0, 0.1) is 6.92 Å². The van der Waals surface area contributed by atoms with Crippen molar-refractivity contribution < 1.29 is 4.74 Å². The zero-order valence-corrected chi connectivity index (χ0v) is 13.4. The first-order valence-corrected chi connectivity index (χ1v) is 7.87. The largest absolute Gasteiger partial charge is 0.497 e. The molecule has 3 aromatic rings. The van der Waals surface area contributed by atoms with Crippen LogP contribution in [0.15, 0.2) is 48.1 Å². The summed E-state index contributed by atoms with van der Waals surface area (Å²) < 4.78 is 5.25. The summed E-state index contributed by atoms with van der Waals surface area (Å²) in [5, 5.41) is 6.28. The van der Waals surface area contributed by atoms with Gasteiger partial charge in [-0.2, -0.15) is 0 Å². The Balaban J connectivity index is 1.72. The van der Waals surface area contributed by atoms with Crippen LogP contribution in [0.3, 0.4) is 0 Å². The number of aryl methyl sites for hydroxylation is 1. The van der Waals surface area contributed by atoms with Crippen LogP contribution in [-0.2, 0) is 6.42 Å². The molecular formula is C17H17N3OS. The van der Waals surface area contributed by atoms with Crippen LogP contribution in [0.25, 0.3) is 0 Å². The highest BCUT2D eigenvalue weighted by Crippen LogP contribution is 2.24. The molecule has 0 saturated heterocycles. The third-order valence-corrected chi connectivity index (χ3v) is 4.16. The topological polar surface area (TPSA) is 47.0 Å². The molecule has 3 rings (SSSR count). The summed E-state index contributed by atoms with van der Waals surface area (Å²) in [7, 11) is 1.68. The minimum Gasteiger partial charge on any atom is -0.497 e. The molecule has 0 unspecified atom stereocenters. The Morgan fingerprint density at radius 3 is 3.00 bits per heavy atom. The van der Waals surface area contributed by atoms with Gasteiger partial charge in [-0.05, 0) is 36.2 Å². The van der Waals surface area contributed by atoms with Gasteiger partial charge >= 0.3 is 0 Å². The molecule has 22 heavy (non-hydrogen) atoms. The summed E-state index contributed by atoms with van der Waals surface area (Å²) in [4.78, 5) is 8.77. The van der Waals surface area contributed by atoms with Crippen LogP contribution in [0.2, 0.25) is 0 Å². The van der Waals surface area contributed by atoms with Crippen molar-refractivity contribution in [3.8, 4) is 5.75 Å². The van der Waals surface area contributed by atoms with Crippen molar-refractivity contribution in [3.05, 3.63) is 64.9 Å². The average Bonchev–Trinajstić information content (AvgIpc) is 2.97. The number of pyridine rings is 1. The number of thiazole rings is 1. The van der Waals surface area contributed by atoms with Gasteiger partial charge in [0, 0.05) is 18.0 Å². The van der Waals surface area contributed by atoms with E-state index in [1.54, 1.807) is 24.6 Å². The molecule has 112 valence electrons. The fourth-order valence-corrected chi connectivity index (χ4v) is 2.87. The zero-order chi connectivity index (χ0) is 15.4. The van der Waals surface area contributed by atoms with E-state index in [9.17, 15) is 0 Å². The summed E-state index contributed by atoms with van der Waals surface area (Å²) in [6, 6.07) is 10.0. The predicted octanol–water partition coefficient (Wildman–Crippen LogP) is 4.19. The van der Waals surface area contributed by atoms with Crippen LogP contribution >= 0.6 is 11.3 Å². The number of hydrogen-bond donors (Lipinski definition) is 1. The molecule has 0 aliphatic rings. The molecule has 1 N–H and O–H groups in total. The quantitative estimate of drug-likeness (QED) is 0.767. The fraction of sp³-hybridized carbons (Fsp3) is 0.176. The van der Waals surface area contributed by atoms with E-state index in [4.69, 9.17) is 4.74 Å². The number of ether oxygens (including phenoxy) is 1. The molecule has 5 heteroatoms. The maximum absolute atomic E-state index is 5.25. The van der Waals surface area contributed by atoms with E-state index in [0.717, 1.165) is 34.2 Å². The molecule has 2 heterocycles. The van der Waals surface area contributed by atoms with Crippen LogP contribution in [-0.4, -0.2) is 17.1 Å². The van der Waals surface area contributed by atoms with Gasteiger partial charge in [0.05, 0.1) is 24.7 Å². The van der Waals surface area contributed by atoms with Crippen molar-refractivity contribution in [3.63, 3.8) is 0 Å². The Kier molecular flexibility index (Phi) is 4.34. The first-order valence-electron chi connectivity index (χ1n) is 6.99. The van der Waals surface area contributed by atoms with Gasteiger partial charge in [0.1, 0.15) is 5.75 Å². The predicted molar refractivity (Wildman–Crippen MR) is 90.2 cm³/mol. The zero-order valence-electron chi connectivity index (χ0n) is 12.5. The molecule has 0 bridgehead atoms. The molecule has 0 aliphatic heterocycles. The molecule has 0 spiro atoms. The highest BCUT2D eigenvalue weighted by Gasteiger charge is 2.06. The second-order valence-electron chi connectivity index (χ2n) is 4.99. The van der Waals surface area contributed by atoms with E-state index in [0.29, 0.717) is 0 Å². The number of anilines is 2. The minimum absolute atomic E-state index is 0.793.